The third kappa shape index (κ3) is 4.25. The molecule has 124 valence electrons. The number of benzene rings is 1. The highest BCUT2D eigenvalue weighted by Crippen LogP contribution is 2.29. The van der Waals surface area contributed by atoms with Gasteiger partial charge in [-0.2, -0.15) is 0 Å². The van der Waals surface area contributed by atoms with Crippen molar-refractivity contribution in [2.45, 2.75) is 6.54 Å². The van der Waals surface area contributed by atoms with Crippen molar-refractivity contribution in [2.75, 3.05) is 39.3 Å². The molecule has 0 radical (unpaired) electrons. The quantitative estimate of drug-likeness (QED) is 0.893. The molecular weight excluding hydrogens is 337 g/mol. The van der Waals surface area contributed by atoms with Crippen molar-refractivity contribution < 1.29 is 9.52 Å². The number of oxazole rings is 1. The van der Waals surface area contributed by atoms with E-state index in [2.05, 4.69) is 14.8 Å². The summed E-state index contributed by atoms with van der Waals surface area (Å²) in [6.45, 7) is 5.46. The van der Waals surface area contributed by atoms with Crippen molar-refractivity contribution in [2.24, 2.45) is 0 Å². The van der Waals surface area contributed by atoms with E-state index in [0.29, 0.717) is 28.2 Å². The number of hydrogen-bond donors (Lipinski definition) is 1. The summed E-state index contributed by atoms with van der Waals surface area (Å²) in [7, 11) is 0. The molecule has 0 amide bonds. The summed E-state index contributed by atoms with van der Waals surface area (Å²) < 4.78 is 5.83. The normalized spacial score (nSPS) is 16.8. The van der Waals surface area contributed by atoms with Crippen LogP contribution in [-0.4, -0.2) is 59.2 Å². The maximum Gasteiger partial charge on any atom is 0.209 e. The summed E-state index contributed by atoms with van der Waals surface area (Å²) >= 11 is 12.0. The van der Waals surface area contributed by atoms with Crippen LogP contribution in [-0.2, 0) is 6.54 Å². The molecule has 2 aromatic rings. The van der Waals surface area contributed by atoms with Gasteiger partial charge in [-0.1, -0.05) is 23.2 Å². The van der Waals surface area contributed by atoms with Gasteiger partial charge in [-0.25, -0.2) is 4.98 Å². The lowest BCUT2D eigenvalue weighted by molar-refractivity contribution is 0.103. The largest absolute Gasteiger partial charge is 0.439 e. The first-order valence-electron chi connectivity index (χ1n) is 7.61. The van der Waals surface area contributed by atoms with Crippen molar-refractivity contribution in [3.05, 3.63) is 40.3 Å². The highest BCUT2D eigenvalue weighted by Gasteiger charge is 2.18. The van der Waals surface area contributed by atoms with E-state index < -0.39 is 0 Å². The minimum Gasteiger partial charge on any atom is -0.439 e. The first-order valence-corrected chi connectivity index (χ1v) is 8.37. The molecule has 1 aliphatic heterocycles. The summed E-state index contributed by atoms with van der Waals surface area (Å²) in [4.78, 5) is 8.92. The second kappa shape index (κ2) is 7.64. The molecule has 0 aliphatic carbocycles. The number of aliphatic hydroxyl groups excluding tert-OH is 1. The third-order valence-corrected chi connectivity index (χ3v) is 4.74. The van der Waals surface area contributed by atoms with Gasteiger partial charge < -0.3 is 9.52 Å². The Bertz CT molecular complexity index is 655. The summed E-state index contributed by atoms with van der Waals surface area (Å²) in [6, 6.07) is 5.40. The molecule has 23 heavy (non-hydrogen) atoms. The van der Waals surface area contributed by atoms with Gasteiger partial charge in [0.1, 0.15) is 0 Å². The Labute approximate surface area is 145 Å². The van der Waals surface area contributed by atoms with Gasteiger partial charge >= 0.3 is 0 Å². The zero-order chi connectivity index (χ0) is 16.2. The minimum absolute atomic E-state index is 0.215. The van der Waals surface area contributed by atoms with Gasteiger partial charge in [0.05, 0.1) is 29.4 Å². The molecule has 0 atom stereocenters. The number of piperazine rings is 1. The van der Waals surface area contributed by atoms with Crippen molar-refractivity contribution in [1.29, 1.82) is 0 Å². The molecule has 3 rings (SSSR count). The van der Waals surface area contributed by atoms with Crippen LogP contribution in [0, 0.1) is 0 Å². The Kier molecular flexibility index (Phi) is 5.56. The summed E-state index contributed by atoms with van der Waals surface area (Å²) in [5.41, 5.74) is 0.867. The Balaban J connectivity index is 1.60. The number of rotatable bonds is 5. The highest BCUT2D eigenvalue weighted by atomic mass is 35.5. The molecule has 0 bridgehead atoms. The van der Waals surface area contributed by atoms with Crippen LogP contribution in [0.5, 0.6) is 0 Å². The van der Waals surface area contributed by atoms with Gasteiger partial charge in [0.25, 0.3) is 0 Å². The van der Waals surface area contributed by atoms with Crippen molar-refractivity contribution >= 4 is 23.2 Å². The third-order valence-electron chi connectivity index (χ3n) is 4.00. The second-order valence-electron chi connectivity index (χ2n) is 5.59. The number of halogens is 2. The van der Waals surface area contributed by atoms with E-state index >= 15 is 0 Å². The standard InChI is InChI=1S/C16H19Cl2N3O2/c17-13-2-1-12(9-14(13)18)15-10-19-16(23-15)11-21-5-3-20(4-6-21)7-8-22/h1-2,9-10,22H,3-8,11H2. The molecule has 1 fully saturated rings. The molecule has 5 nitrogen and oxygen atoms in total. The first kappa shape index (κ1) is 16.7. The SMILES string of the molecule is OCCN1CCN(Cc2ncc(-c3ccc(Cl)c(Cl)c3)o2)CC1. The predicted octanol–water partition coefficient (Wildman–Crippen LogP) is 2.76. The fraction of sp³-hybridized carbons (Fsp3) is 0.438. The Morgan fingerprint density at radius 3 is 2.52 bits per heavy atom. The first-order chi connectivity index (χ1) is 11.2. The molecule has 7 heteroatoms. The smallest absolute Gasteiger partial charge is 0.209 e. The number of aliphatic hydroxyl groups is 1. The summed E-state index contributed by atoms with van der Waals surface area (Å²) in [5, 5.41) is 10.00. The Morgan fingerprint density at radius 1 is 1.09 bits per heavy atom. The van der Waals surface area contributed by atoms with Crippen LogP contribution in [0.3, 0.4) is 0 Å². The van der Waals surface area contributed by atoms with Gasteiger partial charge in [0, 0.05) is 38.3 Å². The van der Waals surface area contributed by atoms with Gasteiger partial charge in [-0.3, -0.25) is 9.80 Å². The number of β-amino-alcohol motifs (C(OH)–C–C–N with tert-alkyl or cyclic N) is 1. The summed E-state index contributed by atoms with van der Waals surface area (Å²) in [5.74, 6) is 1.39. The van der Waals surface area contributed by atoms with Crippen LogP contribution in [0.25, 0.3) is 11.3 Å². The van der Waals surface area contributed by atoms with Crippen molar-refractivity contribution in [3.63, 3.8) is 0 Å². The Morgan fingerprint density at radius 2 is 1.83 bits per heavy atom. The molecule has 0 spiro atoms. The summed E-state index contributed by atoms with van der Waals surface area (Å²) in [6.07, 6.45) is 1.72. The molecule has 1 saturated heterocycles. The van der Waals surface area contributed by atoms with E-state index in [9.17, 15) is 0 Å². The fourth-order valence-electron chi connectivity index (χ4n) is 2.67. The molecule has 1 N–H and O–H groups in total. The molecule has 1 aliphatic rings. The van der Waals surface area contributed by atoms with Crippen LogP contribution >= 0.6 is 23.2 Å². The lowest BCUT2D eigenvalue weighted by atomic mass is 10.2. The maximum absolute atomic E-state index is 8.97. The van der Waals surface area contributed by atoms with Crippen LogP contribution < -0.4 is 0 Å². The molecule has 1 aromatic carbocycles. The molecule has 0 unspecified atom stereocenters. The predicted molar refractivity (Wildman–Crippen MR) is 90.8 cm³/mol. The average molecular weight is 356 g/mol. The van der Waals surface area contributed by atoms with Crippen LogP contribution in [0.4, 0.5) is 0 Å². The monoisotopic (exact) mass is 355 g/mol. The lowest BCUT2D eigenvalue weighted by Crippen LogP contribution is -2.46. The number of hydrogen-bond acceptors (Lipinski definition) is 5. The van der Waals surface area contributed by atoms with Crippen LogP contribution in [0.2, 0.25) is 10.0 Å². The van der Waals surface area contributed by atoms with Gasteiger partial charge in [0.15, 0.2) is 5.76 Å². The maximum atomic E-state index is 8.97. The average Bonchev–Trinajstić information content (AvgIpc) is 3.01. The van der Waals surface area contributed by atoms with Gasteiger partial charge in [-0.05, 0) is 18.2 Å². The molecule has 1 aromatic heterocycles. The van der Waals surface area contributed by atoms with E-state index in [0.717, 1.165) is 38.3 Å². The Hall–Kier alpha value is -1.11. The minimum atomic E-state index is 0.215. The zero-order valence-corrected chi connectivity index (χ0v) is 14.2. The molecule has 0 saturated carbocycles. The van der Waals surface area contributed by atoms with Crippen molar-refractivity contribution in [1.82, 2.24) is 14.8 Å². The second-order valence-corrected chi connectivity index (χ2v) is 6.40. The highest BCUT2D eigenvalue weighted by molar-refractivity contribution is 6.42. The van der Waals surface area contributed by atoms with Gasteiger partial charge in [-0.15, -0.1) is 0 Å². The number of nitrogens with zero attached hydrogens (tertiary/aromatic N) is 3. The van der Waals surface area contributed by atoms with E-state index in [4.69, 9.17) is 32.7 Å². The van der Waals surface area contributed by atoms with Crippen LogP contribution in [0.15, 0.2) is 28.8 Å². The van der Waals surface area contributed by atoms with E-state index in [1.54, 1.807) is 18.3 Å². The van der Waals surface area contributed by atoms with E-state index in [1.807, 2.05) is 6.07 Å². The fourth-order valence-corrected chi connectivity index (χ4v) is 2.97. The van der Waals surface area contributed by atoms with E-state index in [-0.39, 0.29) is 6.61 Å². The van der Waals surface area contributed by atoms with E-state index in [1.165, 1.54) is 0 Å². The van der Waals surface area contributed by atoms with Crippen molar-refractivity contribution in [3.8, 4) is 11.3 Å². The topological polar surface area (TPSA) is 52.7 Å². The van der Waals surface area contributed by atoms with Gasteiger partial charge in [0.2, 0.25) is 5.89 Å². The number of aromatic nitrogens is 1. The zero-order valence-electron chi connectivity index (χ0n) is 12.7. The van der Waals surface area contributed by atoms with Crippen LogP contribution in [0.1, 0.15) is 5.89 Å². The molecule has 2 heterocycles. The molecular formula is C16H19Cl2N3O2. The lowest BCUT2D eigenvalue weighted by Gasteiger charge is -2.33.